The maximum Gasteiger partial charge on any atom is 0.173 e. The molecule has 0 aliphatic carbocycles. The van der Waals surface area contributed by atoms with Crippen LogP contribution in [-0.4, -0.2) is 22.8 Å². The molecule has 0 amide bonds. The summed E-state index contributed by atoms with van der Waals surface area (Å²) in [6.07, 6.45) is 4.78. The first kappa shape index (κ1) is 7.65. The summed E-state index contributed by atoms with van der Waals surface area (Å²) in [4.78, 5) is 12.5. The van der Waals surface area contributed by atoms with Gasteiger partial charge in [-0.25, -0.2) is 9.97 Å². The molecule has 1 aromatic heterocycles. The number of hydrogen-bond donors (Lipinski definition) is 0. The van der Waals surface area contributed by atoms with Gasteiger partial charge in [-0.2, -0.15) is 0 Å². The maximum absolute atomic E-state index is 4.73. The number of rotatable bonds is 3. The van der Waals surface area contributed by atoms with E-state index in [4.69, 9.17) is 4.84 Å². The molecule has 1 heterocycles. The summed E-state index contributed by atoms with van der Waals surface area (Å²) in [5, 5.41) is 3.61. The van der Waals surface area contributed by atoms with E-state index in [0.717, 1.165) is 0 Å². The minimum atomic E-state index is 0.556. The van der Waals surface area contributed by atoms with Crippen LogP contribution in [0, 0.1) is 0 Å². The van der Waals surface area contributed by atoms with Crippen LogP contribution in [-0.2, 0) is 4.84 Å². The van der Waals surface area contributed by atoms with Crippen molar-refractivity contribution in [1.29, 1.82) is 0 Å². The fourth-order valence-electron chi connectivity index (χ4n) is 0.536. The molecule has 0 bridgehead atoms. The Bertz CT molecular complexity index is 222. The van der Waals surface area contributed by atoms with E-state index in [0.29, 0.717) is 12.4 Å². The lowest BCUT2D eigenvalue weighted by atomic mass is 10.6. The van der Waals surface area contributed by atoms with E-state index in [1.807, 2.05) is 6.92 Å². The van der Waals surface area contributed by atoms with Gasteiger partial charge in [0.05, 0.1) is 0 Å². The maximum atomic E-state index is 4.73. The summed E-state index contributed by atoms with van der Waals surface area (Å²) in [5.41, 5.74) is 0. The predicted molar refractivity (Wildman–Crippen MR) is 41.3 cm³/mol. The summed E-state index contributed by atoms with van der Waals surface area (Å²) in [6, 6.07) is 1.75. The molecule has 0 unspecified atom stereocenters. The van der Waals surface area contributed by atoms with E-state index in [2.05, 4.69) is 15.1 Å². The molecule has 0 saturated carbocycles. The third-order valence-corrected chi connectivity index (χ3v) is 0.958. The van der Waals surface area contributed by atoms with Crippen LogP contribution in [0.2, 0.25) is 0 Å². The van der Waals surface area contributed by atoms with Crippen molar-refractivity contribution in [2.45, 2.75) is 6.92 Å². The number of oxime groups is 1. The lowest BCUT2D eigenvalue weighted by molar-refractivity contribution is 0.160. The highest BCUT2D eigenvalue weighted by Crippen LogP contribution is 1.82. The number of nitrogens with zero attached hydrogens (tertiary/aromatic N) is 3. The highest BCUT2D eigenvalue weighted by molar-refractivity contribution is 5.73. The van der Waals surface area contributed by atoms with Crippen molar-refractivity contribution >= 4 is 6.21 Å². The molecule has 0 radical (unpaired) electrons. The Morgan fingerprint density at radius 2 is 2.27 bits per heavy atom. The van der Waals surface area contributed by atoms with Gasteiger partial charge in [-0.3, -0.25) is 0 Å². The van der Waals surface area contributed by atoms with Crippen LogP contribution in [0.25, 0.3) is 0 Å². The molecule has 0 spiro atoms. The van der Waals surface area contributed by atoms with Crippen molar-refractivity contribution in [2.75, 3.05) is 6.61 Å². The molecule has 0 aliphatic rings. The van der Waals surface area contributed by atoms with Crippen molar-refractivity contribution < 1.29 is 4.84 Å². The molecule has 0 aromatic carbocycles. The van der Waals surface area contributed by atoms with Crippen LogP contribution in [0.3, 0.4) is 0 Å². The van der Waals surface area contributed by atoms with Crippen molar-refractivity contribution in [3.63, 3.8) is 0 Å². The molecule has 0 atom stereocenters. The van der Waals surface area contributed by atoms with E-state index in [9.17, 15) is 0 Å². The van der Waals surface area contributed by atoms with E-state index in [1.54, 1.807) is 18.5 Å². The van der Waals surface area contributed by atoms with E-state index >= 15 is 0 Å². The first-order valence-electron chi connectivity index (χ1n) is 3.36. The van der Waals surface area contributed by atoms with Crippen LogP contribution in [0.5, 0.6) is 0 Å². The molecule has 0 N–H and O–H groups in total. The fraction of sp³-hybridized carbons (Fsp3) is 0.286. The minimum Gasteiger partial charge on any atom is -0.396 e. The van der Waals surface area contributed by atoms with Crippen LogP contribution < -0.4 is 0 Å². The minimum absolute atomic E-state index is 0.556. The zero-order chi connectivity index (χ0) is 7.94. The highest BCUT2D eigenvalue weighted by Gasteiger charge is 1.85. The standard InChI is InChI=1S/C7H9N3O/c1-2-11-10-6-7-8-4-3-5-9-7/h3-6H,2H2,1H3. The van der Waals surface area contributed by atoms with Gasteiger partial charge in [-0.1, -0.05) is 5.16 Å². The van der Waals surface area contributed by atoms with Gasteiger partial charge < -0.3 is 4.84 Å². The molecule has 11 heavy (non-hydrogen) atoms. The average Bonchev–Trinajstić information content (AvgIpc) is 2.07. The predicted octanol–water partition coefficient (Wildman–Crippen LogP) is 0.847. The van der Waals surface area contributed by atoms with Gasteiger partial charge in [-0.15, -0.1) is 0 Å². The first-order valence-corrected chi connectivity index (χ1v) is 3.36. The van der Waals surface area contributed by atoms with Crippen molar-refractivity contribution in [3.8, 4) is 0 Å². The average molecular weight is 151 g/mol. The molecular formula is C7H9N3O. The van der Waals surface area contributed by atoms with Gasteiger partial charge in [0.2, 0.25) is 0 Å². The third kappa shape index (κ3) is 2.75. The van der Waals surface area contributed by atoms with E-state index < -0.39 is 0 Å². The van der Waals surface area contributed by atoms with Crippen LogP contribution >= 0.6 is 0 Å². The second-order valence-electron chi connectivity index (χ2n) is 1.76. The van der Waals surface area contributed by atoms with Gasteiger partial charge in [0.25, 0.3) is 0 Å². The van der Waals surface area contributed by atoms with Crippen LogP contribution in [0.15, 0.2) is 23.6 Å². The summed E-state index contributed by atoms with van der Waals surface area (Å²) in [7, 11) is 0. The lowest BCUT2D eigenvalue weighted by Gasteiger charge is -1.89. The molecule has 0 aliphatic heterocycles. The van der Waals surface area contributed by atoms with E-state index in [-0.39, 0.29) is 0 Å². The smallest absolute Gasteiger partial charge is 0.173 e. The summed E-state index contributed by atoms with van der Waals surface area (Å²) >= 11 is 0. The molecule has 0 fully saturated rings. The zero-order valence-corrected chi connectivity index (χ0v) is 6.27. The highest BCUT2D eigenvalue weighted by atomic mass is 16.6. The summed E-state index contributed by atoms with van der Waals surface area (Å²) in [5.74, 6) is 0.556. The van der Waals surface area contributed by atoms with Gasteiger partial charge in [-0.05, 0) is 13.0 Å². The Kier molecular flexibility index (Phi) is 3.05. The van der Waals surface area contributed by atoms with Crippen molar-refractivity contribution in [1.82, 2.24) is 9.97 Å². The van der Waals surface area contributed by atoms with Crippen molar-refractivity contribution in [2.24, 2.45) is 5.16 Å². The SMILES string of the molecule is CCON=Cc1ncccn1. The number of hydrogen-bond acceptors (Lipinski definition) is 4. The Labute approximate surface area is 64.9 Å². The summed E-state index contributed by atoms with van der Waals surface area (Å²) < 4.78 is 0. The van der Waals surface area contributed by atoms with Crippen LogP contribution in [0.1, 0.15) is 12.7 Å². The molecule has 4 heteroatoms. The Morgan fingerprint density at radius 1 is 1.55 bits per heavy atom. The molecule has 1 rings (SSSR count). The first-order chi connectivity index (χ1) is 5.43. The Morgan fingerprint density at radius 3 is 2.91 bits per heavy atom. The normalized spacial score (nSPS) is 10.3. The molecule has 0 saturated heterocycles. The molecule has 58 valence electrons. The summed E-state index contributed by atoms with van der Waals surface area (Å²) in [6.45, 7) is 2.42. The molecule has 1 aromatic rings. The topological polar surface area (TPSA) is 47.4 Å². The zero-order valence-electron chi connectivity index (χ0n) is 6.27. The quantitative estimate of drug-likeness (QED) is 0.475. The van der Waals surface area contributed by atoms with Gasteiger partial charge >= 0.3 is 0 Å². The van der Waals surface area contributed by atoms with Gasteiger partial charge in [0, 0.05) is 12.4 Å². The Hall–Kier alpha value is -1.45. The second kappa shape index (κ2) is 4.38. The Balaban J connectivity index is 2.50. The second-order valence-corrected chi connectivity index (χ2v) is 1.76. The fourth-order valence-corrected chi connectivity index (χ4v) is 0.536. The monoisotopic (exact) mass is 151 g/mol. The largest absolute Gasteiger partial charge is 0.396 e. The molecule has 4 nitrogen and oxygen atoms in total. The van der Waals surface area contributed by atoms with Gasteiger partial charge in [0.1, 0.15) is 12.8 Å². The van der Waals surface area contributed by atoms with Crippen molar-refractivity contribution in [3.05, 3.63) is 24.3 Å². The van der Waals surface area contributed by atoms with E-state index in [1.165, 1.54) is 6.21 Å². The third-order valence-electron chi connectivity index (χ3n) is 0.958. The number of aromatic nitrogens is 2. The van der Waals surface area contributed by atoms with Crippen LogP contribution in [0.4, 0.5) is 0 Å². The lowest BCUT2D eigenvalue weighted by Crippen LogP contribution is -1.91. The van der Waals surface area contributed by atoms with Gasteiger partial charge in [0.15, 0.2) is 5.82 Å². The molecular weight excluding hydrogens is 142 g/mol.